The van der Waals surface area contributed by atoms with Crippen LogP contribution in [0.3, 0.4) is 0 Å². The van der Waals surface area contributed by atoms with Crippen LogP contribution in [-0.4, -0.2) is 41.5 Å². The number of Topliss-reactive ketones (excluding diaryl/α,β-unsaturated/α-hetero) is 1. The molecule has 2 aliphatic heterocycles. The molecule has 0 bridgehead atoms. The van der Waals surface area contributed by atoms with Gasteiger partial charge >= 0.3 is 0 Å². The van der Waals surface area contributed by atoms with Crippen LogP contribution >= 0.6 is 0 Å². The van der Waals surface area contributed by atoms with Gasteiger partial charge in [0.2, 0.25) is 0 Å². The lowest BCUT2D eigenvalue weighted by atomic mass is 9.94. The van der Waals surface area contributed by atoms with Crippen molar-refractivity contribution < 1.29 is 28.9 Å². The Morgan fingerprint density at radius 1 is 1.08 bits per heavy atom. The van der Waals surface area contributed by atoms with Gasteiger partial charge in [0.25, 0.3) is 11.7 Å². The van der Waals surface area contributed by atoms with Gasteiger partial charge in [-0.25, -0.2) is 0 Å². The lowest BCUT2D eigenvalue weighted by Gasteiger charge is -2.26. The predicted octanol–water partition coefficient (Wildman–Crippen LogP) is 5.04. The van der Waals surface area contributed by atoms with Crippen LogP contribution in [0.25, 0.3) is 5.76 Å². The van der Waals surface area contributed by atoms with Crippen molar-refractivity contribution in [1.29, 1.82) is 0 Å². The zero-order chi connectivity index (χ0) is 26.1. The van der Waals surface area contributed by atoms with Crippen LogP contribution in [0.1, 0.15) is 42.1 Å². The fraction of sp³-hybridized carbons (Fsp3) is 0.267. The number of nitrogens with zero attached hydrogens (tertiary/aromatic N) is 1. The molecule has 1 atom stereocenters. The standard InChI is InChI=1S/C30H29NO6/c1-18(2)37-23-11-8-19(9-12-23)27-26(28(32)21-10-13-25-20(16-21)14-15-36-25)29(33)30(34)31(27)17-22-6-4-5-7-24(22)35-3/h4-13,16,18,27,32H,14-15,17H2,1-3H3/b28-26-. The second kappa shape index (κ2) is 10.0. The third kappa shape index (κ3) is 4.65. The zero-order valence-corrected chi connectivity index (χ0v) is 21.1. The average molecular weight is 500 g/mol. The van der Waals surface area contributed by atoms with Gasteiger partial charge in [-0.3, -0.25) is 9.59 Å². The molecule has 0 spiro atoms. The molecule has 7 nitrogen and oxygen atoms in total. The van der Waals surface area contributed by atoms with Gasteiger partial charge < -0.3 is 24.2 Å². The Balaban J connectivity index is 1.61. The van der Waals surface area contributed by atoms with E-state index in [4.69, 9.17) is 14.2 Å². The van der Waals surface area contributed by atoms with E-state index in [1.165, 1.54) is 4.90 Å². The summed E-state index contributed by atoms with van der Waals surface area (Å²) in [7, 11) is 1.56. The van der Waals surface area contributed by atoms with Crippen molar-refractivity contribution in [2.24, 2.45) is 0 Å². The summed E-state index contributed by atoms with van der Waals surface area (Å²) in [6, 6.07) is 19.2. The minimum Gasteiger partial charge on any atom is -0.507 e. The van der Waals surface area contributed by atoms with E-state index in [-0.39, 0.29) is 24.0 Å². The van der Waals surface area contributed by atoms with Gasteiger partial charge in [-0.05, 0) is 61.4 Å². The molecule has 1 N–H and O–H groups in total. The van der Waals surface area contributed by atoms with Crippen molar-refractivity contribution in [2.45, 2.75) is 39.0 Å². The van der Waals surface area contributed by atoms with Crippen LogP contribution in [0.2, 0.25) is 0 Å². The molecule has 1 unspecified atom stereocenters. The number of ketones is 1. The summed E-state index contributed by atoms with van der Waals surface area (Å²) in [5.41, 5.74) is 2.93. The summed E-state index contributed by atoms with van der Waals surface area (Å²) >= 11 is 0. The van der Waals surface area contributed by atoms with Crippen LogP contribution in [0, 0.1) is 0 Å². The number of fused-ring (bicyclic) bond motifs is 1. The minimum atomic E-state index is -0.789. The van der Waals surface area contributed by atoms with Gasteiger partial charge in [-0.15, -0.1) is 0 Å². The number of rotatable bonds is 7. The molecular formula is C30H29NO6. The highest BCUT2D eigenvalue weighted by Gasteiger charge is 2.46. The van der Waals surface area contributed by atoms with Crippen molar-refractivity contribution in [1.82, 2.24) is 4.90 Å². The normalized spacial score (nSPS) is 18.2. The minimum absolute atomic E-state index is 0.00539. The zero-order valence-electron chi connectivity index (χ0n) is 21.1. The number of hydrogen-bond donors (Lipinski definition) is 1. The van der Waals surface area contributed by atoms with Crippen LogP contribution < -0.4 is 14.2 Å². The van der Waals surface area contributed by atoms with Gasteiger partial charge in [0.1, 0.15) is 23.0 Å². The highest BCUT2D eigenvalue weighted by Crippen LogP contribution is 2.42. The second-order valence-electron chi connectivity index (χ2n) is 9.40. The molecule has 1 amide bonds. The van der Waals surface area contributed by atoms with Crippen molar-refractivity contribution in [3.05, 3.63) is 94.6 Å². The van der Waals surface area contributed by atoms with Crippen LogP contribution in [-0.2, 0) is 22.6 Å². The Kier molecular flexibility index (Phi) is 6.61. The number of ether oxygens (including phenoxy) is 3. The summed E-state index contributed by atoms with van der Waals surface area (Å²) in [4.78, 5) is 28.3. The Morgan fingerprint density at radius 2 is 1.84 bits per heavy atom. The topological polar surface area (TPSA) is 85.3 Å². The highest BCUT2D eigenvalue weighted by atomic mass is 16.5. The molecule has 37 heavy (non-hydrogen) atoms. The molecule has 2 aliphatic rings. The summed E-state index contributed by atoms with van der Waals surface area (Å²) in [6.45, 7) is 4.60. The summed E-state index contributed by atoms with van der Waals surface area (Å²) in [5, 5.41) is 11.4. The third-order valence-corrected chi connectivity index (χ3v) is 6.60. The molecule has 5 rings (SSSR count). The number of benzene rings is 3. The summed E-state index contributed by atoms with van der Waals surface area (Å²) in [5.74, 6) is 0.455. The number of carbonyl (C=O) groups excluding carboxylic acids is 2. The highest BCUT2D eigenvalue weighted by molar-refractivity contribution is 6.46. The number of hydrogen-bond acceptors (Lipinski definition) is 6. The third-order valence-electron chi connectivity index (χ3n) is 6.60. The first-order valence-corrected chi connectivity index (χ1v) is 12.3. The average Bonchev–Trinajstić information content (AvgIpc) is 3.47. The van der Waals surface area contributed by atoms with Crippen molar-refractivity contribution in [2.75, 3.05) is 13.7 Å². The lowest BCUT2D eigenvalue weighted by molar-refractivity contribution is -0.140. The lowest BCUT2D eigenvalue weighted by Crippen LogP contribution is -2.29. The molecule has 7 heteroatoms. The number of para-hydroxylation sites is 1. The Bertz CT molecular complexity index is 1380. The smallest absolute Gasteiger partial charge is 0.295 e. The SMILES string of the molecule is COc1ccccc1CN1C(=O)C(=O)/C(=C(\O)c2ccc3c(c2)CCO3)C1c1ccc(OC(C)C)cc1. The predicted molar refractivity (Wildman–Crippen MR) is 139 cm³/mol. The maximum atomic E-state index is 13.4. The first kappa shape index (κ1) is 24.4. The monoisotopic (exact) mass is 499 g/mol. The van der Waals surface area contributed by atoms with E-state index in [0.29, 0.717) is 29.2 Å². The molecule has 3 aromatic rings. The van der Waals surface area contributed by atoms with Gasteiger partial charge in [0.05, 0.1) is 38.0 Å². The van der Waals surface area contributed by atoms with E-state index in [2.05, 4.69) is 0 Å². The number of aliphatic hydroxyl groups is 1. The first-order chi connectivity index (χ1) is 17.9. The first-order valence-electron chi connectivity index (χ1n) is 12.3. The quantitative estimate of drug-likeness (QED) is 0.279. The molecular weight excluding hydrogens is 470 g/mol. The number of likely N-dealkylation sites (tertiary alicyclic amines) is 1. The molecule has 3 aromatic carbocycles. The van der Waals surface area contributed by atoms with Crippen molar-refractivity contribution >= 4 is 17.4 Å². The van der Waals surface area contributed by atoms with E-state index in [1.807, 2.05) is 68.4 Å². The van der Waals surface area contributed by atoms with Gasteiger partial charge in [-0.2, -0.15) is 0 Å². The van der Waals surface area contributed by atoms with Gasteiger partial charge in [-0.1, -0.05) is 30.3 Å². The fourth-order valence-electron chi connectivity index (χ4n) is 4.90. The molecule has 0 saturated carbocycles. The number of methoxy groups -OCH3 is 1. The van der Waals surface area contributed by atoms with Crippen LogP contribution in [0.4, 0.5) is 0 Å². The van der Waals surface area contributed by atoms with E-state index < -0.39 is 17.7 Å². The van der Waals surface area contributed by atoms with E-state index in [9.17, 15) is 14.7 Å². The second-order valence-corrected chi connectivity index (χ2v) is 9.40. The molecule has 0 aliphatic carbocycles. The maximum absolute atomic E-state index is 13.4. The van der Waals surface area contributed by atoms with E-state index in [1.54, 1.807) is 19.2 Å². The Labute approximate surface area is 215 Å². The van der Waals surface area contributed by atoms with E-state index >= 15 is 0 Å². The number of carbonyl (C=O) groups is 2. The van der Waals surface area contributed by atoms with Gasteiger partial charge in [0.15, 0.2) is 0 Å². The Morgan fingerprint density at radius 3 is 2.57 bits per heavy atom. The van der Waals surface area contributed by atoms with Crippen molar-refractivity contribution in [3.63, 3.8) is 0 Å². The molecule has 1 saturated heterocycles. The Hall–Kier alpha value is -4.26. The summed E-state index contributed by atoms with van der Waals surface area (Å²) in [6.07, 6.45) is 0.727. The van der Waals surface area contributed by atoms with Crippen LogP contribution in [0.15, 0.2) is 72.3 Å². The van der Waals surface area contributed by atoms with Crippen molar-refractivity contribution in [3.8, 4) is 17.2 Å². The molecule has 190 valence electrons. The largest absolute Gasteiger partial charge is 0.507 e. The van der Waals surface area contributed by atoms with E-state index in [0.717, 1.165) is 23.3 Å². The molecule has 0 aromatic heterocycles. The maximum Gasteiger partial charge on any atom is 0.295 e. The molecule has 2 heterocycles. The number of amides is 1. The molecule has 0 radical (unpaired) electrons. The van der Waals surface area contributed by atoms with Crippen LogP contribution in [0.5, 0.6) is 17.2 Å². The van der Waals surface area contributed by atoms with Gasteiger partial charge in [0, 0.05) is 17.5 Å². The number of aliphatic hydroxyl groups excluding tert-OH is 1. The fourth-order valence-corrected chi connectivity index (χ4v) is 4.90. The summed E-state index contributed by atoms with van der Waals surface area (Å²) < 4.78 is 16.8. The molecule has 1 fully saturated rings.